The Labute approximate surface area is 75.3 Å². The van der Waals surface area contributed by atoms with Crippen LogP contribution in [0.2, 0.25) is 0 Å². The van der Waals surface area contributed by atoms with Crippen molar-refractivity contribution in [3.05, 3.63) is 0 Å². The molecule has 1 aliphatic rings. The van der Waals surface area contributed by atoms with Gasteiger partial charge in [0.15, 0.2) is 0 Å². The Bertz CT molecular complexity index is 269. The van der Waals surface area contributed by atoms with E-state index in [2.05, 4.69) is 0 Å². The maximum absolute atomic E-state index is 13.0. The minimum Gasteiger partial charge on any atom is -0.207 e. The van der Waals surface area contributed by atoms with Gasteiger partial charge < -0.3 is 0 Å². The molecule has 1 aliphatic carbocycles. The molecule has 6 heteroatoms. The van der Waals surface area contributed by atoms with Crippen molar-refractivity contribution in [3.8, 4) is 0 Å². The zero-order valence-corrected chi connectivity index (χ0v) is 7.79. The fourth-order valence-electron chi connectivity index (χ4n) is 1.29. The number of halogens is 3. The van der Waals surface area contributed by atoms with E-state index in [0.29, 0.717) is 12.8 Å². The van der Waals surface area contributed by atoms with Crippen LogP contribution in [0.1, 0.15) is 25.7 Å². The summed E-state index contributed by atoms with van der Waals surface area (Å²) in [5, 5.41) is 0. The van der Waals surface area contributed by atoms with Gasteiger partial charge in [0, 0.05) is 12.3 Å². The summed E-state index contributed by atoms with van der Waals surface area (Å²) < 4.78 is 57.9. The zero-order chi connectivity index (χ0) is 10.1. The molecular formula is C7H11F3O2S. The second-order valence-corrected chi connectivity index (χ2v) is 4.87. The van der Waals surface area contributed by atoms with E-state index in [4.69, 9.17) is 0 Å². The summed E-state index contributed by atoms with van der Waals surface area (Å²) in [4.78, 5) is 0. The lowest BCUT2D eigenvalue weighted by Crippen LogP contribution is -2.34. The molecule has 0 aromatic rings. The van der Waals surface area contributed by atoms with Crippen molar-refractivity contribution in [3.63, 3.8) is 0 Å². The smallest absolute Gasteiger partial charge is 0.207 e. The topological polar surface area (TPSA) is 34.1 Å². The Morgan fingerprint density at radius 1 is 1.31 bits per heavy atom. The molecule has 13 heavy (non-hydrogen) atoms. The third-order valence-corrected chi connectivity index (χ3v) is 3.07. The monoisotopic (exact) mass is 216 g/mol. The summed E-state index contributed by atoms with van der Waals surface area (Å²) in [6.45, 7) is 0. The lowest BCUT2D eigenvalue weighted by molar-refractivity contribution is -0.0889. The molecule has 0 atom stereocenters. The average molecular weight is 216 g/mol. The first-order chi connectivity index (χ1) is 5.81. The summed E-state index contributed by atoms with van der Waals surface area (Å²) in [7, 11) is -4.75. The lowest BCUT2D eigenvalue weighted by Gasteiger charge is -2.33. The summed E-state index contributed by atoms with van der Waals surface area (Å²) in [6, 6.07) is 0. The van der Waals surface area contributed by atoms with Crippen molar-refractivity contribution < 1.29 is 21.1 Å². The van der Waals surface area contributed by atoms with E-state index in [-0.39, 0.29) is 0 Å². The first kappa shape index (κ1) is 10.8. The van der Waals surface area contributed by atoms with Crippen LogP contribution in [0.3, 0.4) is 0 Å². The Kier molecular flexibility index (Phi) is 2.89. The number of rotatable bonds is 4. The molecule has 1 rings (SSSR count). The fraction of sp³-hybridized carbons (Fsp3) is 1.00. The van der Waals surface area contributed by atoms with Gasteiger partial charge in [-0.25, -0.2) is 8.78 Å². The molecular weight excluding hydrogens is 205 g/mol. The van der Waals surface area contributed by atoms with Crippen LogP contribution in [-0.4, -0.2) is 20.1 Å². The normalized spacial score (nSPS) is 19.9. The van der Waals surface area contributed by atoms with Gasteiger partial charge in [-0.1, -0.05) is 6.42 Å². The van der Waals surface area contributed by atoms with Crippen LogP contribution in [0.5, 0.6) is 0 Å². The van der Waals surface area contributed by atoms with E-state index in [1.165, 1.54) is 0 Å². The van der Waals surface area contributed by atoms with E-state index >= 15 is 0 Å². The summed E-state index contributed by atoms with van der Waals surface area (Å²) in [5.41, 5.74) is 0. The van der Waals surface area contributed by atoms with E-state index in [0.717, 1.165) is 6.42 Å². The van der Waals surface area contributed by atoms with Gasteiger partial charge in [0.1, 0.15) is 0 Å². The Hall–Kier alpha value is -0.260. The van der Waals surface area contributed by atoms with Crippen LogP contribution in [0.4, 0.5) is 12.7 Å². The fourth-order valence-corrected chi connectivity index (χ4v) is 1.81. The van der Waals surface area contributed by atoms with Crippen LogP contribution < -0.4 is 0 Å². The quantitative estimate of drug-likeness (QED) is 0.674. The van der Waals surface area contributed by atoms with Gasteiger partial charge in [-0.3, -0.25) is 0 Å². The molecule has 0 spiro atoms. The van der Waals surface area contributed by atoms with Crippen molar-refractivity contribution in [2.75, 3.05) is 5.75 Å². The second kappa shape index (κ2) is 3.48. The highest BCUT2D eigenvalue weighted by atomic mass is 32.3. The van der Waals surface area contributed by atoms with Gasteiger partial charge in [0.25, 0.3) is 5.92 Å². The standard InChI is InChI=1S/C7H11F3O2S/c8-7(9,6-2-1-3-6)4-5-13(10,11)12/h6H,1-5H2. The Morgan fingerprint density at radius 2 is 1.85 bits per heavy atom. The maximum Gasteiger partial charge on any atom is 0.302 e. The molecule has 0 N–H and O–H groups in total. The average Bonchev–Trinajstić information content (AvgIpc) is 1.77. The maximum atomic E-state index is 13.0. The molecule has 0 unspecified atom stereocenters. The molecule has 0 aromatic carbocycles. The number of hydrogen-bond donors (Lipinski definition) is 0. The van der Waals surface area contributed by atoms with Crippen LogP contribution in [-0.2, 0) is 10.2 Å². The highest BCUT2D eigenvalue weighted by molar-refractivity contribution is 7.86. The minimum absolute atomic E-state index is 0.416. The van der Waals surface area contributed by atoms with E-state index in [1.807, 2.05) is 0 Å². The van der Waals surface area contributed by atoms with Crippen LogP contribution in [0.25, 0.3) is 0 Å². The molecule has 0 aliphatic heterocycles. The molecule has 0 amide bonds. The van der Waals surface area contributed by atoms with Crippen molar-refractivity contribution in [2.24, 2.45) is 5.92 Å². The van der Waals surface area contributed by atoms with E-state index < -0.39 is 34.2 Å². The van der Waals surface area contributed by atoms with E-state index in [9.17, 15) is 21.1 Å². The molecule has 0 radical (unpaired) electrons. The molecule has 78 valence electrons. The SMILES string of the molecule is O=S(=O)(F)CCC(F)(F)C1CCC1. The second-order valence-electron chi connectivity index (χ2n) is 3.38. The van der Waals surface area contributed by atoms with Crippen LogP contribution in [0, 0.1) is 5.92 Å². The van der Waals surface area contributed by atoms with Crippen LogP contribution in [0.15, 0.2) is 0 Å². The minimum atomic E-state index is -4.75. The first-order valence-electron chi connectivity index (χ1n) is 4.11. The summed E-state index contributed by atoms with van der Waals surface area (Å²) in [6.07, 6.45) is 0.692. The molecule has 0 aromatic heterocycles. The number of alkyl halides is 2. The largest absolute Gasteiger partial charge is 0.302 e. The first-order valence-corrected chi connectivity index (χ1v) is 5.67. The molecule has 0 saturated heterocycles. The van der Waals surface area contributed by atoms with Gasteiger partial charge in [-0.05, 0) is 12.8 Å². The number of hydrogen-bond acceptors (Lipinski definition) is 2. The van der Waals surface area contributed by atoms with Gasteiger partial charge in [-0.2, -0.15) is 8.42 Å². The predicted molar refractivity (Wildman–Crippen MR) is 41.8 cm³/mol. The third kappa shape index (κ3) is 3.17. The van der Waals surface area contributed by atoms with Gasteiger partial charge >= 0.3 is 10.2 Å². The third-order valence-electron chi connectivity index (χ3n) is 2.38. The highest BCUT2D eigenvalue weighted by Gasteiger charge is 2.43. The van der Waals surface area contributed by atoms with Gasteiger partial charge in [0.05, 0.1) is 5.75 Å². The lowest BCUT2D eigenvalue weighted by atomic mass is 9.79. The van der Waals surface area contributed by atoms with Gasteiger partial charge in [-0.15, -0.1) is 3.89 Å². The predicted octanol–water partition coefficient (Wildman–Crippen LogP) is 2.11. The molecule has 1 fully saturated rings. The molecule has 0 bridgehead atoms. The Balaban J connectivity index is 2.42. The van der Waals surface area contributed by atoms with Crippen molar-refractivity contribution >= 4 is 10.2 Å². The molecule has 2 nitrogen and oxygen atoms in total. The van der Waals surface area contributed by atoms with Crippen molar-refractivity contribution in [1.29, 1.82) is 0 Å². The molecule has 1 saturated carbocycles. The van der Waals surface area contributed by atoms with Gasteiger partial charge in [0.2, 0.25) is 0 Å². The van der Waals surface area contributed by atoms with E-state index in [1.54, 1.807) is 0 Å². The zero-order valence-electron chi connectivity index (χ0n) is 6.97. The Morgan fingerprint density at radius 3 is 2.15 bits per heavy atom. The van der Waals surface area contributed by atoms with Crippen molar-refractivity contribution in [2.45, 2.75) is 31.6 Å². The molecule has 0 heterocycles. The summed E-state index contributed by atoms with van der Waals surface area (Å²) in [5.74, 6) is -4.83. The van der Waals surface area contributed by atoms with Crippen LogP contribution >= 0.6 is 0 Å². The highest BCUT2D eigenvalue weighted by Crippen LogP contribution is 2.41. The van der Waals surface area contributed by atoms with Crippen molar-refractivity contribution in [1.82, 2.24) is 0 Å². The summed E-state index contributed by atoms with van der Waals surface area (Å²) >= 11 is 0.